The van der Waals surface area contributed by atoms with Crippen LogP contribution in [0.3, 0.4) is 0 Å². The lowest BCUT2D eigenvalue weighted by molar-refractivity contribution is 0.593. The van der Waals surface area contributed by atoms with Crippen LogP contribution in [-0.2, 0) is 10.0 Å². The number of benzene rings is 1. The van der Waals surface area contributed by atoms with Crippen LogP contribution >= 0.6 is 11.6 Å². The zero-order valence-corrected chi connectivity index (χ0v) is 12.5. The van der Waals surface area contributed by atoms with Crippen LogP contribution < -0.4 is 10.0 Å². The van der Waals surface area contributed by atoms with Gasteiger partial charge in [-0.15, -0.1) is 0 Å². The Balaban J connectivity index is 1.86. The highest BCUT2D eigenvalue weighted by Gasteiger charge is 2.20. The van der Waals surface area contributed by atoms with E-state index in [0.717, 1.165) is 12.1 Å². The lowest BCUT2D eigenvalue weighted by Crippen LogP contribution is -2.23. The summed E-state index contributed by atoms with van der Waals surface area (Å²) >= 11 is 5.87. The molecule has 0 heterocycles. The van der Waals surface area contributed by atoms with Gasteiger partial charge in [0.2, 0.25) is 10.0 Å². The predicted molar refractivity (Wildman–Crippen MR) is 79.2 cm³/mol. The van der Waals surface area contributed by atoms with Crippen LogP contribution in [0.1, 0.15) is 24.8 Å². The van der Waals surface area contributed by atoms with E-state index in [2.05, 4.69) is 10.0 Å². The number of hydrogen-bond donors (Lipinski definition) is 2. The molecule has 2 N–H and O–H groups in total. The first kappa shape index (κ1) is 14.6. The molecular weight excluding hydrogens is 284 g/mol. The van der Waals surface area contributed by atoms with Gasteiger partial charge in [0.05, 0.1) is 11.4 Å². The number of halogens is 1. The average Bonchev–Trinajstić information content (AvgIpc) is 3.13. The molecule has 4 nitrogen and oxygen atoms in total. The Morgan fingerprint density at radius 3 is 2.79 bits per heavy atom. The molecule has 0 radical (unpaired) electrons. The Labute approximate surface area is 119 Å². The van der Waals surface area contributed by atoms with Gasteiger partial charge in [-0.3, -0.25) is 4.72 Å². The fourth-order valence-electron chi connectivity index (χ4n) is 1.78. The van der Waals surface area contributed by atoms with Gasteiger partial charge >= 0.3 is 0 Å². The second-order valence-corrected chi connectivity index (χ2v) is 7.24. The molecule has 1 fully saturated rings. The topological polar surface area (TPSA) is 58.2 Å². The monoisotopic (exact) mass is 302 g/mol. The quantitative estimate of drug-likeness (QED) is 0.761. The number of anilines is 1. The van der Waals surface area contributed by atoms with E-state index in [9.17, 15) is 8.42 Å². The smallest absolute Gasteiger partial charge is 0.232 e. The fourth-order valence-corrected chi connectivity index (χ4v) is 3.13. The number of hydrogen-bond acceptors (Lipinski definition) is 3. The Kier molecular flexibility index (Phi) is 4.71. The maximum Gasteiger partial charge on any atom is 0.232 e. The van der Waals surface area contributed by atoms with E-state index in [1.54, 1.807) is 18.2 Å². The molecule has 0 aromatic heterocycles. The Morgan fingerprint density at radius 2 is 2.11 bits per heavy atom. The molecule has 19 heavy (non-hydrogen) atoms. The molecule has 0 amide bonds. The summed E-state index contributed by atoms with van der Waals surface area (Å²) in [5, 5.41) is 3.83. The minimum Gasteiger partial charge on any atom is -0.314 e. The van der Waals surface area contributed by atoms with Gasteiger partial charge < -0.3 is 5.32 Å². The normalized spacial score (nSPS) is 15.5. The molecule has 1 saturated carbocycles. The first-order valence-corrected chi connectivity index (χ1v) is 8.49. The second kappa shape index (κ2) is 6.11. The average molecular weight is 303 g/mol. The van der Waals surface area contributed by atoms with E-state index >= 15 is 0 Å². The van der Waals surface area contributed by atoms with Crippen LogP contribution in [0.2, 0.25) is 5.02 Å². The Hall–Kier alpha value is -0.780. The lowest BCUT2D eigenvalue weighted by Gasteiger charge is -2.11. The van der Waals surface area contributed by atoms with Crippen molar-refractivity contribution in [2.24, 2.45) is 0 Å². The first-order chi connectivity index (χ1) is 8.96. The maximum atomic E-state index is 11.9. The molecule has 0 saturated heterocycles. The molecule has 2 rings (SSSR count). The Bertz CT molecular complexity index is 542. The van der Waals surface area contributed by atoms with Crippen LogP contribution in [0.4, 0.5) is 5.69 Å². The van der Waals surface area contributed by atoms with E-state index in [4.69, 9.17) is 11.6 Å². The zero-order chi connectivity index (χ0) is 13.9. The highest BCUT2D eigenvalue weighted by atomic mass is 35.5. The van der Waals surface area contributed by atoms with Crippen LogP contribution in [0, 0.1) is 6.92 Å². The third-order valence-electron chi connectivity index (χ3n) is 3.07. The molecule has 1 aliphatic carbocycles. The molecule has 106 valence electrons. The minimum atomic E-state index is -3.30. The molecule has 1 aromatic rings. The summed E-state index contributed by atoms with van der Waals surface area (Å²) in [6.45, 7) is 2.60. The molecule has 6 heteroatoms. The van der Waals surface area contributed by atoms with E-state index < -0.39 is 10.0 Å². The summed E-state index contributed by atoms with van der Waals surface area (Å²) < 4.78 is 26.5. The largest absolute Gasteiger partial charge is 0.314 e. The molecular formula is C13H19ClN2O2S. The maximum absolute atomic E-state index is 11.9. The van der Waals surface area contributed by atoms with Gasteiger partial charge in [-0.2, -0.15) is 0 Å². The molecule has 1 aliphatic rings. The van der Waals surface area contributed by atoms with Crippen molar-refractivity contribution < 1.29 is 8.42 Å². The van der Waals surface area contributed by atoms with Gasteiger partial charge in [0, 0.05) is 11.1 Å². The molecule has 0 unspecified atom stereocenters. The van der Waals surface area contributed by atoms with Crippen molar-refractivity contribution in [2.75, 3.05) is 17.0 Å². The van der Waals surface area contributed by atoms with E-state index in [1.165, 1.54) is 12.8 Å². The summed E-state index contributed by atoms with van der Waals surface area (Å²) in [6.07, 6.45) is 3.05. The molecule has 0 aliphatic heterocycles. The summed E-state index contributed by atoms with van der Waals surface area (Å²) in [5.74, 6) is 0.124. The molecule has 0 bridgehead atoms. The minimum absolute atomic E-state index is 0.124. The van der Waals surface area contributed by atoms with Gasteiger partial charge in [-0.1, -0.05) is 17.7 Å². The molecule has 0 atom stereocenters. The molecule has 0 spiro atoms. The van der Waals surface area contributed by atoms with Gasteiger partial charge in [0.15, 0.2) is 0 Å². The first-order valence-electron chi connectivity index (χ1n) is 6.46. The van der Waals surface area contributed by atoms with Crippen molar-refractivity contribution in [3.63, 3.8) is 0 Å². The predicted octanol–water partition coefficient (Wildman–Crippen LogP) is 2.53. The summed E-state index contributed by atoms with van der Waals surface area (Å²) in [4.78, 5) is 0. The zero-order valence-electron chi connectivity index (χ0n) is 10.9. The summed E-state index contributed by atoms with van der Waals surface area (Å²) in [7, 11) is -3.30. The summed E-state index contributed by atoms with van der Waals surface area (Å²) in [6, 6.07) is 5.80. The SMILES string of the molecule is Cc1ccc(Cl)cc1NS(=O)(=O)CCCNC1CC1. The van der Waals surface area contributed by atoms with Gasteiger partial charge in [-0.05, 0) is 50.4 Å². The fraction of sp³-hybridized carbons (Fsp3) is 0.538. The Morgan fingerprint density at radius 1 is 1.37 bits per heavy atom. The van der Waals surface area contributed by atoms with Crippen LogP contribution in [0.15, 0.2) is 18.2 Å². The van der Waals surface area contributed by atoms with E-state index in [0.29, 0.717) is 23.2 Å². The number of sulfonamides is 1. The van der Waals surface area contributed by atoms with Crippen molar-refractivity contribution >= 4 is 27.3 Å². The highest BCUT2D eigenvalue weighted by molar-refractivity contribution is 7.92. The highest BCUT2D eigenvalue weighted by Crippen LogP contribution is 2.21. The van der Waals surface area contributed by atoms with Gasteiger partial charge in [-0.25, -0.2) is 8.42 Å². The summed E-state index contributed by atoms with van der Waals surface area (Å²) in [5.41, 5.74) is 1.42. The number of rotatable bonds is 7. The molecule has 1 aromatic carbocycles. The van der Waals surface area contributed by atoms with Gasteiger partial charge in [0.25, 0.3) is 0 Å². The second-order valence-electron chi connectivity index (χ2n) is 4.96. The van der Waals surface area contributed by atoms with E-state index in [-0.39, 0.29) is 5.75 Å². The third-order valence-corrected chi connectivity index (χ3v) is 4.66. The van der Waals surface area contributed by atoms with Crippen LogP contribution in [0.25, 0.3) is 0 Å². The van der Waals surface area contributed by atoms with Crippen molar-refractivity contribution in [1.29, 1.82) is 0 Å². The van der Waals surface area contributed by atoms with Crippen molar-refractivity contribution in [2.45, 2.75) is 32.2 Å². The van der Waals surface area contributed by atoms with Crippen LogP contribution in [-0.4, -0.2) is 26.8 Å². The van der Waals surface area contributed by atoms with Crippen molar-refractivity contribution in [3.8, 4) is 0 Å². The van der Waals surface area contributed by atoms with Crippen LogP contribution in [0.5, 0.6) is 0 Å². The third kappa shape index (κ3) is 5.01. The van der Waals surface area contributed by atoms with Gasteiger partial charge in [0.1, 0.15) is 0 Å². The van der Waals surface area contributed by atoms with Crippen molar-refractivity contribution in [1.82, 2.24) is 5.32 Å². The number of nitrogens with one attached hydrogen (secondary N) is 2. The van der Waals surface area contributed by atoms with Crippen molar-refractivity contribution in [3.05, 3.63) is 28.8 Å². The lowest BCUT2D eigenvalue weighted by atomic mass is 10.2. The van der Waals surface area contributed by atoms with E-state index in [1.807, 2.05) is 6.92 Å². The number of aryl methyl sites for hydroxylation is 1. The standard InChI is InChI=1S/C13H19ClN2O2S/c1-10-3-4-11(14)9-13(10)16-19(17,18)8-2-7-15-12-5-6-12/h3-4,9,12,15-16H,2,5-8H2,1H3.